The van der Waals surface area contributed by atoms with E-state index in [0.29, 0.717) is 0 Å². The van der Waals surface area contributed by atoms with E-state index in [0.717, 1.165) is 7.25 Å². The normalized spacial score (nSPS) is 31.8. The molecular formula is C19H24Zr. The van der Waals surface area contributed by atoms with Gasteiger partial charge in [-0.05, 0) is 0 Å². The minimum atomic E-state index is -1.68. The van der Waals surface area contributed by atoms with Gasteiger partial charge in [0.2, 0.25) is 0 Å². The average Bonchev–Trinajstić information content (AvgIpc) is 3.11. The molecule has 0 heterocycles. The van der Waals surface area contributed by atoms with E-state index < -0.39 is 21.3 Å². The molecule has 0 nitrogen and oxygen atoms in total. The summed E-state index contributed by atoms with van der Waals surface area (Å²) in [6, 6.07) is 0. The Bertz CT molecular complexity index is 521. The van der Waals surface area contributed by atoms with Gasteiger partial charge in [0, 0.05) is 0 Å². The van der Waals surface area contributed by atoms with Crippen LogP contribution >= 0.6 is 0 Å². The monoisotopic (exact) mass is 342 g/mol. The molecule has 0 radical (unpaired) electrons. The van der Waals surface area contributed by atoms with E-state index in [1.807, 2.05) is 11.1 Å². The summed E-state index contributed by atoms with van der Waals surface area (Å²) in [7, 11) is 0. The Morgan fingerprint density at radius 1 is 0.750 bits per heavy atom. The van der Waals surface area contributed by atoms with Crippen molar-refractivity contribution < 1.29 is 21.3 Å². The molecule has 0 saturated carbocycles. The van der Waals surface area contributed by atoms with Crippen LogP contribution in [0.5, 0.6) is 0 Å². The maximum atomic E-state index is 4.81. The van der Waals surface area contributed by atoms with Gasteiger partial charge in [-0.3, -0.25) is 0 Å². The van der Waals surface area contributed by atoms with Crippen molar-refractivity contribution in [3.05, 3.63) is 46.6 Å². The molecule has 0 N–H and O–H groups in total. The van der Waals surface area contributed by atoms with Crippen LogP contribution in [0.25, 0.3) is 0 Å². The molecule has 0 fully saturated rings. The Kier molecular flexibility index (Phi) is 3.67. The van der Waals surface area contributed by atoms with Gasteiger partial charge in [0.25, 0.3) is 0 Å². The molecule has 0 spiro atoms. The van der Waals surface area contributed by atoms with E-state index in [1.165, 1.54) is 51.4 Å². The Morgan fingerprint density at radius 2 is 1.20 bits per heavy atom. The maximum absolute atomic E-state index is 4.81. The summed E-state index contributed by atoms with van der Waals surface area (Å²) in [6.07, 6.45) is 21.1. The molecule has 4 rings (SSSR count). The summed E-state index contributed by atoms with van der Waals surface area (Å²) in [4.78, 5) is 0. The summed E-state index contributed by atoms with van der Waals surface area (Å²) in [5, 5.41) is 0. The van der Waals surface area contributed by atoms with Crippen molar-refractivity contribution in [2.45, 2.75) is 58.6 Å². The fourth-order valence-electron chi connectivity index (χ4n) is 4.54. The predicted molar refractivity (Wildman–Crippen MR) is 83.9 cm³/mol. The molecule has 4 aliphatic rings. The molecule has 0 amide bonds. The molecule has 0 aliphatic heterocycles. The van der Waals surface area contributed by atoms with E-state index >= 15 is 0 Å². The average molecular weight is 344 g/mol. The SMILES string of the molecule is [CH2]=[Zr]([CH]1C=CC2=C1CCCC2)[CH]1C=CC2=C1CCCC2. The van der Waals surface area contributed by atoms with E-state index in [1.54, 1.807) is 11.1 Å². The van der Waals surface area contributed by atoms with E-state index in [9.17, 15) is 0 Å². The minimum absolute atomic E-state index is 0.816. The van der Waals surface area contributed by atoms with Crippen molar-refractivity contribution in [1.29, 1.82) is 0 Å². The Morgan fingerprint density at radius 3 is 1.70 bits per heavy atom. The molecule has 20 heavy (non-hydrogen) atoms. The first-order chi connectivity index (χ1) is 9.84. The van der Waals surface area contributed by atoms with Gasteiger partial charge in [0.1, 0.15) is 0 Å². The van der Waals surface area contributed by atoms with Crippen molar-refractivity contribution in [3.8, 4) is 0 Å². The fraction of sp³-hybridized carbons (Fsp3) is 0.526. The van der Waals surface area contributed by atoms with Gasteiger partial charge in [0.15, 0.2) is 0 Å². The summed E-state index contributed by atoms with van der Waals surface area (Å²) in [6.45, 7) is 0. The molecule has 2 unspecified atom stereocenters. The van der Waals surface area contributed by atoms with E-state index in [4.69, 9.17) is 4.21 Å². The molecule has 104 valence electrons. The summed E-state index contributed by atoms with van der Waals surface area (Å²) in [5.74, 6) is 0. The molecule has 0 aromatic rings. The zero-order chi connectivity index (χ0) is 13.5. The molecular weight excluding hydrogens is 319 g/mol. The van der Waals surface area contributed by atoms with Crippen LogP contribution < -0.4 is 0 Å². The predicted octanol–water partition coefficient (Wildman–Crippen LogP) is 5.49. The van der Waals surface area contributed by atoms with Crippen molar-refractivity contribution >= 4 is 4.21 Å². The molecule has 2 atom stereocenters. The van der Waals surface area contributed by atoms with Gasteiger partial charge in [-0.25, -0.2) is 0 Å². The van der Waals surface area contributed by atoms with E-state index in [-0.39, 0.29) is 0 Å². The number of allylic oxidation sites excluding steroid dienone is 8. The van der Waals surface area contributed by atoms with Crippen LogP contribution in [0.1, 0.15) is 51.4 Å². The second kappa shape index (κ2) is 5.49. The molecule has 0 saturated heterocycles. The van der Waals surface area contributed by atoms with Gasteiger partial charge in [-0.15, -0.1) is 0 Å². The fourth-order valence-corrected chi connectivity index (χ4v) is 11.0. The van der Waals surface area contributed by atoms with Crippen LogP contribution in [0.4, 0.5) is 0 Å². The zero-order valence-electron chi connectivity index (χ0n) is 12.3. The molecule has 0 aromatic carbocycles. The standard InChI is InChI=1S/2C9H11.CH2.Zr/c2*1-2-5-9-7-3-6-8(9)4-1;;/h2*3,6-7H,1-2,4-5H2;1H2;. The van der Waals surface area contributed by atoms with Gasteiger partial charge >= 0.3 is 131 Å². The van der Waals surface area contributed by atoms with Gasteiger partial charge in [0.05, 0.1) is 0 Å². The molecule has 0 aromatic heterocycles. The third-order valence-electron chi connectivity index (χ3n) is 5.64. The first-order valence-electron chi connectivity index (χ1n) is 8.33. The van der Waals surface area contributed by atoms with Crippen molar-refractivity contribution in [1.82, 2.24) is 0 Å². The number of rotatable bonds is 2. The van der Waals surface area contributed by atoms with Crippen LogP contribution in [0, 0.1) is 0 Å². The number of hydrogen-bond donors (Lipinski definition) is 0. The van der Waals surface area contributed by atoms with Gasteiger partial charge in [-0.1, -0.05) is 0 Å². The van der Waals surface area contributed by atoms with E-state index in [2.05, 4.69) is 24.3 Å². The quantitative estimate of drug-likeness (QED) is 0.621. The molecule has 4 aliphatic carbocycles. The first kappa shape index (κ1) is 13.4. The Hall–Kier alpha value is -0.287. The summed E-state index contributed by atoms with van der Waals surface area (Å²) < 4.78 is 6.44. The van der Waals surface area contributed by atoms with Crippen LogP contribution in [0.2, 0.25) is 7.25 Å². The second-order valence-corrected chi connectivity index (χ2v) is 12.6. The zero-order valence-corrected chi connectivity index (χ0v) is 14.8. The second-order valence-electron chi connectivity index (χ2n) is 6.76. The molecule has 0 bridgehead atoms. The van der Waals surface area contributed by atoms with Gasteiger partial charge in [-0.2, -0.15) is 0 Å². The third kappa shape index (κ3) is 2.17. The topological polar surface area (TPSA) is 0 Å². The summed E-state index contributed by atoms with van der Waals surface area (Å²) >= 11 is -1.68. The van der Waals surface area contributed by atoms with Crippen molar-refractivity contribution in [3.63, 3.8) is 0 Å². The van der Waals surface area contributed by atoms with Crippen LogP contribution in [0.15, 0.2) is 46.6 Å². The van der Waals surface area contributed by atoms with Gasteiger partial charge < -0.3 is 0 Å². The van der Waals surface area contributed by atoms with Crippen LogP contribution in [-0.4, -0.2) is 4.21 Å². The molecule has 1 heteroatoms. The third-order valence-corrected chi connectivity index (χ3v) is 12.2. The Balaban J connectivity index is 1.60. The van der Waals surface area contributed by atoms with Crippen molar-refractivity contribution in [2.24, 2.45) is 0 Å². The van der Waals surface area contributed by atoms with Crippen LogP contribution in [0.3, 0.4) is 0 Å². The van der Waals surface area contributed by atoms with Crippen molar-refractivity contribution in [2.75, 3.05) is 0 Å². The Labute approximate surface area is 130 Å². The summed E-state index contributed by atoms with van der Waals surface area (Å²) in [5.41, 5.74) is 7.03. The first-order valence-corrected chi connectivity index (χ1v) is 12.9. The number of hydrogen-bond acceptors (Lipinski definition) is 0. The van der Waals surface area contributed by atoms with Crippen LogP contribution in [-0.2, 0) is 21.3 Å².